The lowest BCUT2D eigenvalue weighted by Gasteiger charge is -2.17. The molecule has 0 saturated heterocycles. The Morgan fingerprint density at radius 3 is 2.76 bits per heavy atom. The standard InChI is InChI=1S/C10H17N5OS/c1-3-14(4-2)9(16)7-17-10-11-12-13-15(10)8-5-6-8/h8H,3-7H2,1-2H3. The Morgan fingerprint density at radius 2 is 2.18 bits per heavy atom. The molecule has 0 spiro atoms. The lowest BCUT2D eigenvalue weighted by Crippen LogP contribution is -2.31. The van der Waals surface area contributed by atoms with E-state index in [1.807, 2.05) is 23.4 Å². The second-order valence-electron chi connectivity index (χ2n) is 3.99. The average molecular weight is 255 g/mol. The Kier molecular flexibility index (Phi) is 3.98. The predicted octanol–water partition coefficient (Wildman–Crippen LogP) is 0.968. The van der Waals surface area contributed by atoms with Crippen molar-refractivity contribution in [2.45, 2.75) is 37.9 Å². The van der Waals surface area contributed by atoms with Crippen LogP contribution in [0.15, 0.2) is 5.16 Å². The molecule has 2 rings (SSSR count). The monoisotopic (exact) mass is 255 g/mol. The summed E-state index contributed by atoms with van der Waals surface area (Å²) in [4.78, 5) is 13.6. The van der Waals surface area contributed by atoms with Gasteiger partial charge in [-0.25, -0.2) is 4.68 Å². The molecule has 1 aromatic rings. The van der Waals surface area contributed by atoms with Gasteiger partial charge in [-0.15, -0.1) is 5.10 Å². The Morgan fingerprint density at radius 1 is 1.47 bits per heavy atom. The highest BCUT2D eigenvalue weighted by atomic mass is 32.2. The number of rotatable bonds is 6. The normalized spacial score (nSPS) is 14.9. The molecule has 1 heterocycles. The molecule has 1 aromatic heterocycles. The topological polar surface area (TPSA) is 63.9 Å². The zero-order chi connectivity index (χ0) is 12.3. The second-order valence-corrected chi connectivity index (χ2v) is 4.93. The van der Waals surface area contributed by atoms with Gasteiger partial charge in [-0.3, -0.25) is 4.79 Å². The minimum Gasteiger partial charge on any atom is -0.343 e. The van der Waals surface area contributed by atoms with Crippen molar-refractivity contribution < 1.29 is 4.79 Å². The van der Waals surface area contributed by atoms with E-state index in [1.165, 1.54) is 11.8 Å². The van der Waals surface area contributed by atoms with E-state index in [4.69, 9.17) is 0 Å². The van der Waals surface area contributed by atoms with Gasteiger partial charge in [-0.05, 0) is 37.1 Å². The van der Waals surface area contributed by atoms with Crippen LogP contribution in [-0.4, -0.2) is 49.9 Å². The van der Waals surface area contributed by atoms with Gasteiger partial charge < -0.3 is 4.90 Å². The van der Waals surface area contributed by atoms with Gasteiger partial charge in [0.1, 0.15) is 0 Å². The number of hydrogen-bond donors (Lipinski definition) is 0. The largest absolute Gasteiger partial charge is 0.343 e. The summed E-state index contributed by atoms with van der Waals surface area (Å²) in [5, 5.41) is 12.3. The second kappa shape index (κ2) is 5.48. The van der Waals surface area contributed by atoms with E-state index in [9.17, 15) is 4.79 Å². The SMILES string of the molecule is CCN(CC)C(=O)CSc1nnnn1C1CC1. The first-order valence-corrected chi connectivity index (χ1v) is 6.93. The van der Waals surface area contributed by atoms with Gasteiger partial charge >= 0.3 is 0 Å². The van der Waals surface area contributed by atoms with Crippen molar-refractivity contribution in [1.29, 1.82) is 0 Å². The first kappa shape index (κ1) is 12.3. The van der Waals surface area contributed by atoms with Crippen molar-refractivity contribution in [3.63, 3.8) is 0 Å². The molecule has 1 fully saturated rings. The van der Waals surface area contributed by atoms with Gasteiger partial charge in [0.25, 0.3) is 0 Å². The van der Waals surface area contributed by atoms with Gasteiger partial charge in [-0.1, -0.05) is 11.8 Å². The summed E-state index contributed by atoms with van der Waals surface area (Å²) in [6.07, 6.45) is 2.28. The van der Waals surface area contributed by atoms with E-state index in [-0.39, 0.29) is 5.91 Å². The Hall–Kier alpha value is -1.11. The van der Waals surface area contributed by atoms with E-state index >= 15 is 0 Å². The van der Waals surface area contributed by atoms with Gasteiger partial charge in [0.2, 0.25) is 11.1 Å². The smallest absolute Gasteiger partial charge is 0.233 e. The number of carbonyl (C=O) groups excluding carboxylic acids is 1. The maximum absolute atomic E-state index is 11.8. The molecule has 0 atom stereocenters. The van der Waals surface area contributed by atoms with Crippen LogP contribution in [0.1, 0.15) is 32.7 Å². The molecule has 0 aliphatic heterocycles. The van der Waals surface area contributed by atoms with E-state index in [1.54, 1.807) is 0 Å². The van der Waals surface area contributed by atoms with Crippen molar-refractivity contribution in [2.75, 3.05) is 18.8 Å². The fourth-order valence-corrected chi connectivity index (χ4v) is 2.47. The molecule has 1 aliphatic carbocycles. The summed E-state index contributed by atoms with van der Waals surface area (Å²) in [6.45, 7) is 5.48. The third kappa shape index (κ3) is 2.96. The van der Waals surface area contributed by atoms with Crippen LogP contribution in [0.25, 0.3) is 0 Å². The molecule has 0 N–H and O–H groups in total. The van der Waals surface area contributed by atoms with Crippen LogP contribution in [0.3, 0.4) is 0 Å². The first-order chi connectivity index (χ1) is 8.26. The fraction of sp³-hybridized carbons (Fsp3) is 0.800. The van der Waals surface area contributed by atoms with Crippen molar-refractivity contribution in [3.05, 3.63) is 0 Å². The number of tetrazole rings is 1. The van der Waals surface area contributed by atoms with Crippen LogP contribution in [-0.2, 0) is 4.79 Å². The van der Waals surface area contributed by atoms with Crippen molar-refractivity contribution >= 4 is 17.7 Å². The Bertz CT molecular complexity index is 386. The van der Waals surface area contributed by atoms with Crippen LogP contribution in [0.5, 0.6) is 0 Å². The summed E-state index contributed by atoms with van der Waals surface area (Å²) in [5.41, 5.74) is 0. The molecule has 1 aliphatic rings. The number of amides is 1. The molecular weight excluding hydrogens is 238 g/mol. The molecule has 17 heavy (non-hydrogen) atoms. The highest BCUT2D eigenvalue weighted by Crippen LogP contribution is 2.36. The van der Waals surface area contributed by atoms with E-state index in [0.29, 0.717) is 11.8 Å². The number of thioether (sulfide) groups is 1. The summed E-state index contributed by atoms with van der Waals surface area (Å²) in [7, 11) is 0. The molecule has 1 amide bonds. The molecule has 0 aromatic carbocycles. The maximum atomic E-state index is 11.8. The third-order valence-electron chi connectivity index (χ3n) is 2.80. The van der Waals surface area contributed by atoms with E-state index in [0.717, 1.165) is 31.1 Å². The molecule has 0 radical (unpaired) electrons. The van der Waals surface area contributed by atoms with E-state index in [2.05, 4.69) is 15.5 Å². The molecule has 0 bridgehead atoms. The first-order valence-electron chi connectivity index (χ1n) is 5.94. The molecule has 7 heteroatoms. The van der Waals surface area contributed by atoms with Crippen LogP contribution in [0.4, 0.5) is 0 Å². The summed E-state index contributed by atoms with van der Waals surface area (Å²) in [6, 6.07) is 0.455. The van der Waals surface area contributed by atoms with Gasteiger partial charge in [0.05, 0.1) is 11.8 Å². The van der Waals surface area contributed by atoms with Gasteiger partial charge in [0, 0.05) is 13.1 Å². The van der Waals surface area contributed by atoms with E-state index < -0.39 is 0 Å². The minimum atomic E-state index is 0.144. The van der Waals surface area contributed by atoms with Crippen molar-refractivity contribution in [1.82, 2.24) is 25.1 Å². The summed E-state index contributed by atoms with van der Waals surface area (Å²) >= 11 is 1.42. The molecule has 0 unspecified atom stereocenters. The zero-order valence-electron chi connectivity index (χ0n) is 10.2. The lowest BCUT2D eigenvalue weighted by atomic mass is 10.5. The maximum Gasteiger partial charge on any atom is 0.233 e. The summed E-state index contributed by atoms with van der Waals surface area (Å²) in [5.74, 6) is 0.555. The average Bonchev–Trinajstić information content (AvgIpc) is 3.07. The molecule has 1 saturated carbocycles. The Labute approximate surface area is 105 Å². The summed E-state index contributed by atoms with van der Waals surface area (Å²) < 4.78 is 1.83. The quantitative estimate of drug-likeness (QED) is 0.709. The lowest BCUT2D eigenvalue weighted by molar-refractivity contribution is -0.127. The molecular formula is C10H17N5OS. The molecule has 6 nitrogen and oxygen atoms in total. The highest BCUT2D eigenvalue weighted by molar-refractivity contribution is 7.99. The molecule has 94 valence electrons. The van der Waals surface area contributed by atoms with Crippen molar-refractivity contribution in [3.8, 4) is 0 Å². The number of aromatic nitrogens is 4. The van der Waals surface area contributed by atoms with Gasteiger partial charge in [-0.2, -0.15) is 0 Å². The number of hydrogen-bond acceptors (Lipinski definition) is 5. The van der Waals surface area contributed by atoms with Crippen LogP contribution >= 0.6 is 11.8 Å². The number of nitrogens with zero attached hydrogens (tertiary/aromatic N) is 5. The van der Waals surface area contributed by atoms with Crippen LogP contribution < -0.4 is 0 Å². The third-order valence-corrected chi connectivity index (χ3v) is 3.71. The van der Waals surface area contributed by atoms with Crippen molar-refractivity contribution in [2.24, 2.45) is 0 Å². The predicted molar refractivity (Wildman–Crippen MR) is 64.7 cm³/mol. The fourth-order valence-electron chi connectivity index (χ4n) is 1.62. The van der Waals surface area contributed by atoms with Crippen LogP contribution in [0.2, 0.25) is 0 Å². The number of carbonyl (C=O) groups is 1. The van der Waals surface area contributed by atoms with Crippen LogP contribution in [0, 0.1) is 0 Å². The highest BCUT2D eigenvalue weighted by Gasteiger charge is 2.28. The Balaban J connectivity index is 1.88. The van der Waals surface area contributed by atoms with Gasteiger partial charge in [0.15, 0.2) is 0 Å². The zero-order valence-corrected chi connectivity index (χ0v) is 11.0. The minimum absolute atomic E-state index is 0.144.